The van der Waals surface area contributed by atoms with Crippen molar-refractivity contribution in [3.63, 3.8) is 0 Å². The fourth-order valence-corrected chi connectivity index (χ4v) is 4.20. The number of aromatic nitrogens is 2. The summed E-state index contributed by atoms with van der Waals surface area (Å²) in [6.07, 6.45) is 2.72. The second-order valence-electron chi connectivity index (χ2n) is 9.12. The van der Waals surface area contributed by atoms with Crippen LogP contribution in [0, 0.1) is 11.8 Å². The Balaban J connectivity index is 1.36. The SMILES string of the molecule is COC(=O)[C@H]1C[C@@H](N[C@H](C)c2ccc(-c3noc(-c4ccc(CC(C)C)cc4)n3)cc2)C1. The third kappa shape index (κ3) is 5.07. The number of rotatable bonds is 8. The molecule has 32 heavy (non-hydrogen) atoms. The number of methoxy groups -OCH3 is 1. The van der Waals surface area contributed by atoms with E-state index >= 15 is 0 Å². The molecule has 4 rings (SSSR count). The first-order valence-electron chi connectivity index (χ1n) is 11.3. The molecule has 1 saturated carbocycles. The molecule has 0 amide bonds. The van der Waals surface area contributed by atoms with Crippen LogP contribution in [0.3, 0.4) is 0 Å². The molecular weight excluding hydrogens is 402 g/mol. The first-order chi connectivity index (χ1) is 15.4. The topological polar surface area (TPSA) is 77.2 Å². The van der Waals surface area contributed by atoms with Crippen molar-refractivity contribution >= 4 is 5.97 Å². The predicted molar refractivity (Wildman–Crippen MR) is 124 cm³/mol. The summed E-state index contributed by atoms with van der Waals surface area (Å²) in [7, 11) is 1.45. The summed E-state index contributed by atoms with van der Waals surface area (Å²) in [4.78, 5) is 16.1. The molecule has 1 N–H and O–H groups in total. The van der Waals surface area contributed by atoms with Gasteiger partial charge in [-0.05, 0) is 55.4 Å². The van der Waals surface area contributed by atoms with Crippen LogP contribution >= 0.6 is 0 Å². The van der Waals surface area contributed by atoms with Gasteiger partial charge in [-0.3, -0.25) is 4.79 Å². The monoisotopic (exact) mass is 433 g/mol. The van der Waals surface area contributed by atoms with Gasteiger partial charge in [-0.2, -0.15) is 4.98 Å². The molecule has 0 spiro atoms. The van der Waals surface area contributed by atoms with Gasteiger partial charge in [-0.25, -0.2) is 0 Å². The summed E-state index contributed by atoms with van der Waals surface area (Å²) >= 11 is 0. The Hall–Kier alpha value is -2.99. The molecule has 0 radical (unpaired) electrons. The second-order valence-corrected chi connectivity index (χ2v) is 9.12. The molecule has 0 unspecified atom stereocenters. The molecule has 1 heterocycles. The zero-order chi connectivity index (χ0) is 22.7. The van der Waals surface area contributed by atoms with E-state index in [1.165, 1.54) is 18.2 Å². The fourth-order valence-electron chi connectivity index (χ4n) is 4.20. The lowest BCUT2D eigenvalue weighted by atomic mass is 9.80. The van der Waals surface area contributed by atoms with Crippen molar-refractivity contribution in [3.8, 4) is 22.8 Å². The molecule has 3 aromatic rings. The van der Waals surface area contributed by atoms with Gasteiger partial charge in [-0.1, -0.05) is 55.4 Å². The van der Waals surface area contributed by atoms with Crippen molar-refractivity contribution in [2.75, 3.05) is 7.11 Å². The van der Waals surface area contributed by atoms with Gasteiger partial charge in [0.1, 0.15) is 0 Å². The van der Waals surface area contributed by atoms with Crippen LogP contribution < -0.4 is 5.32 Å². The molecule has 168 valence electrons. The number of benzene rings is 2. The minimum Gasteiger partial charge on any atom is -0.469 e. The number of ether oxygens (including phenoxy) is 1. The van der Waals surface area contributed by atoms with E-state index in [-0.39, 0.29) is 17.9 Å². The number of carbonyl (C=O) groups excluding carboxylic acids is 1. The van der Waals surface area contributed by atoms with Gasteiger partial charge >= 0.3 is 5.97 Å². The summed E-state index contributed by atoms with van der Waals surface area (Å²) in [6, 6.07) is 17.1. The largest absolute Gasteiger partial charge is 0.469 e. The highest BCUT2D eigenvalue weighted by atomic mass is 16.5. The lowest BCUT2D eigenvalue weighted by molar-refractivity contribution is -0.149. The Bertz CT molecular complexity index is 1030. The third-order valence-electron chi connectivity index (χ3n) is 6.10. The van der Waals surface area contributed by atoms with Gasteiger partial charge in [0.2, 0.25) is 5.82 Å². The number of nitrogens with one attached hydrogen (secondary N) is 1. The van der Waals surface area contributed by atoms with Gasteiger partial charge < -0.3 is 14.6 Å². The maximum atomic E-state index is 11.5. The van der Waals surface area contributed by atoms with Gasteiger partial charge in [0.05, 0.1) is 13.0 Å². The Morgan fingerprint density at radius 2 is 1.72 bits per heavy atom. The Morgan fingerprint density at radius 1 is 1.06 bits per heavy atom. The molecule has 1 aliphatic carbocycles. The lowest BCUT2D eigenvalue weighted by Crippen LogP contribution is -2.45. The molecule has 0 saturated heterocycles. The molecular formula is C26H31N3O3. The Morgan fingerprint density at radius 3 is 2.34 bits per heavy atom. The zero-order valence-corrected chi connectivity index (χ0v) is 19.2. The first-order valence-corrected chi connectivity index (χ1v) is 11.3. The molecule has 0 bridgehead atoms. The molecule has 0 aliphatic heterocycles. The van der Waals surface area contributed by atoms with Crippen LogP contribution in [0.5, 0.6) is 0 Å². The van der Waals surface area contributed by atoms with Crippen LogP contribution in [-0.4, -0.2) is 29.3 Å². The summed E-state index contributed by atoms with van der Waals surface area (Å²) in [5.74, 6) is 1.66. The molecule has 1 aromatic heterocycles. The van der Waals surface area contributed by atoms with Crippen LogP contribution in [0.2, 0.25) is 0 Å². The summed E-state index contributed by atoms with van der Waals surface area (Å²) in [6.45, 7) is 6.57. The number of hydrogen-bond donors (Lipinski definition) is 1. The molecule has 2 aromatic carbocycles. The molecule has 6 heteroatoms. The normalized spacial score (nSPS) is 18.9. The van der Waals surface area contributed by atoms with E-state index in [0.717, 1.165) is 30.4 Å². The van der Waals surface area contributed by atoms with E-state index in [4.69, 9.17) is 9.26 Å². The average Bonchev–Trinajstić information content (AvgIpc) is 3.26. The van der Waals surface area contributed by atoms with E-state index in [1.807, 2.05) is 24.3 Å². The van der Waals surface area contributed by atoms with Crippen LogP contribution in [0.25, 0.3) is 22.8 Å². The zero-order valence-electron chi connectivity index (χ0n) is 19.2. The standard InChI is InChI=1S/C26H31N3O3/c1-16(2)13-18-5-7-21(8-6-18)25-28-24(29-32-25)20-11-9-19(10-12-20)17(3)27-23-14-22(15-23)26(30)31-4/h5-12,16-17,22-23,27H,13-15H2,1-4H3/t17-,22-,23+/m1/s1. The average molecular weight is 434 g/mol. The van der Waals surface area contributed by atoms with E-state index in [1.54, 1.807) is 0 Å². The summed E-state index contributed by atoms with van der Waals surface area (Å²) < 4.78 is 10.3. The Kier molecular flexibility index (Phi) is 6.70. The highest BCUT2D eigenvalue weighted by Crippen LogP contribution is 2.31. The van der Waals surface area contributed by atoms with Gasteiger partial charge in [0, 0.05) is 23.2 Å². The first kappa shape index (κ1) is 22.2. The van der Waals surface area contributed by atoms with Crippen molar-refractivity contribution in [3.05, 3.63) is 59.7 Å². The van der Waals surface area contributed by atoms with Crippen molar-refractivity contribution in [1.82, 2.24) is 15.5 Å². The maximum absolute atomic E-state index is 11.5. The predicted octanol–water partition coefficient (Wildman–Crippen LogP) is 5.20. The van der Waals surface area contributed by atoms with Gasteiger partial charge in [-0.15, -0.1) is 0 Å². The quantitative estimate of drug-likeness (QED) is 0.492. The Labute approximate surface area is 189 Å². The second kappa shape index (κ2) is 9.65. The van der Waals surface area contributed by atoms with Crippen LogP contribution in [-0.2, 0) is 16.0 Å². The van der Waals surface area contributed by atoms with Crippen LogP contribution in [0.1, 0.15) is 50.8 Å². The third-order valence-corrected chi connectivity index (χ3v) is 6.10. The number of nitrogens with zero attached hydrogens (tertiary/aromatic N) is 2. The molecule has 1 atom stereocenters. The van der Waals surface area contributed by atoms with Crippen molar-refractivity contribution in [2.45, 2.75) is 52.1 Å². The lowest BCUT2D eigenvalue weighted by Gasteiger charge is -2.36. The van der Waals surface area contributed by atoms with E-state index in [0.29, 0.717) is 23.7 Å². The minimum atomic E-state index is -0.106. The summed E-state index contributed by atoms with van der Waals surface area (Å²) in [5, 5.41) is 7.75. The summed E-state index contributed by atoms with van der Waals surface area (Å²) in [5.41, 5.74) is 4.34. The van der Waals surface area contributed by atoms with Gasteiger partial charge in [0.25, 0.3) is 5.89 Å². The minimum absolute atomic E-state index is 0.0333. The van der Waals surface area contributed by atoms with E-state index in [9.17, 15) is 4.79 Å². The number of hydrogen-bond acceptors (Lipinski definition) is 6. The maximum Gasteiger partial charge on any atom is 0.308 e. The highest BCUT2D eigenvalue weighted by Gasteiger charge is 2.35. The fraction of sp³-hybridized carbons (Fsp3) is 0.423. The number of carbonyl (C=O) groups is 1. The highest BCUT2D eigenvalue weighted by molar-refractivity contribution is 5.73. The van der Waals surface area contributed by atoms with Crippen molar-refractivity contribution < 1.29 is 14.1 Å². The van der Waals surface area contributed by atoms with Crippen LogP contribution in [0.4, 0.5) is 0 Å². The van der Waals surface area contributed by atoms with Gasteiger partial charge in [0.15, 0.2) is 0 Å². The van der Waals surface area contributed by atoms with Crippen molar-refractivity contribution in [2.24, 2.45) is 11.8 Å². The molecule has 1 fully saturated rings. The molecule has 1 aliphatic rings. The van der Waals surface area contributed by atoms with E-state index < -0.39 is 0 Å². The van der Waals surface area contributed by atoms with Crippen LogP contribution in [0.15, 0.2) is 53.1 Å². The van der Waals surface area contributed by atoms with Crippen molar-refractivity contribution in [1.29, 1.82) is 0 Å². The smallest absolute Gasteiger partial charge is 0.308 e. The van der Waals surface area contributed by atoms with E-state index in [2.05, 4.69) is 60.5 Å². The number of esters is 1. The molecule has 6 nitrogen and oxygen atoms in total.